The molecule has 0 saturated heterocycles. The molecule has 0 aromatic rings. The Hall–Kier alpha value is -0.0800. The van der Waals surface area contributed by atoms with E-state index in [0.29, 0.717) is 0 Å². The molecule has 0 aromatic heterocycles. The maximum Gasteiger partial charge on any atom is 0.0205 e. The van der Waals surface area contributed by atoms with Gasteiger partial charge in [-0.2, -0.15) is 0 Å². The van der Waals surface area contributed by atoms with Crippen molar-refractivity contribution in [2.24, 2.45) is 5.73 Å². The fraction of sp³-hybridized carbons (Fsp3) is 0.800. The Balaban J connectivity index is 2.68. The van der Waals surface area contributed by atoms with Gasteiger partial charge in [-0.1, -0.05) is 0 Å². The van der Waals surface area contributed by atoms with Crippen LogP contribution in [0.25, 0.3) is 0 Å². The third-order valence-electron chi connectivity index (χ3n) is 0.743. The topological polar surface area (TPSA) is 29.3 Å². The molecule has 0 atom stereocenters. The molecule has 2 nitrogen and oxygen atoms in total. The van der Waals surface area contributed by atoms with Crippen LogP contribution < -0.4 is 5.73 Å². The Bertz CT molecular complexity index is 35.1. The zero-order chi connectivity index (χ0) is 5.70. The predicted molar refractivity (Wildman–Crippen MR) is 31.7 cm³/mol. The summed E-state index contributed by atoms with van der Waals surface area (Å²) in [6.45, 7) is 2.73. The first-order valence-electron chi connectivity index (χ1n) is 2.45. The third kappa shape index (κ3) is 5.92. The smallest absolute Gasteiger partial charge is 0.0205 e. The third-order valence-corrected chi connectivity index (χ3v) is 0.743. The van der Waals surface area contributed by atoms with E-state index in [1.165, 1.54) is 0 Å². The number of nitrogens with two attached hydrogens (primary N) is 1. The zero-order valence-electron chi connectivity index (χ0n) is 5.02. The van der Waals surface area contributed by atoms with Crippen LogP contribution in [0.15, 0.2) is 0 Å². The second-order valence-corrected chi connectivity index (χ2v) is 1.83. The minimum Gasteiger partial charge on any atom is -0.326 e. The van der Waals surface area contributed by atoms with Crippen LogP contribution >= 0.6 is 0 Å². The fourth-order valence-electron chi connectivity index (χ4n) is 0.333. The van der Waals surface area contributed by atoms with Crippen molar-refractivity contribution in [1.29, 1.82) is 0 Å². The molecule has 2 heteroatoms. The predicted octanol–water partition coefficient (Wildman–Crippen LogP) is 0.0586. The van der Waals surface area contributed by atoms with Crippen LogP contribution in [0.1, 0.15) is 6.42 Å². The van der Waals surface area contributed by atoms with Crippen LogP contribution in [0.5, 0.6) is 0 Å². The number of rotatable bonds is 3. The van der Waals surface area contributed by atoms with Gasteiger partial charge in [0.1, 0.15) is 0 Å². The Kier molecular flexibility index (Phi) is 4.04. The normalized spacial score (nSPS) is 10.3. The lowest BCUT2D eigenvalue weighted by atomic mass is 10.4. The quantitative estimate of drug-likeness (QED) is 0.544. The molecule has 7 heavy (non-hydrogen) atoms. The van der Waals surface area contributed by atoms with Crippen molar-refractivity contribution in [2.75, 3.05) is 20.6 Å². The van der Waals surface area contributed by atoms with Crippen molar-refractivity contribution in [3.63, 3.8) is 0 Å². The van der Waals surface area contributed by atoms with Gasteiger partial charge in [-0.25, -0.2) is 0 Å². The van der Waals surface area contributed by atoms with Crippen molar-refractivity contribution < 1.29 is 0 Å². The van der Waals surface area contributed by atoms with E-state index in [9.17, 15) is 0 Å². The molecule has 0 aromatic carbocycles. The molecule has 0 aliphatic rings. The number of nitrogens with zero attached hydrogens (tertiary/aromatic N) is 1. The van der Waals surface area contributed by atoms with Gasteiger partial charge in [0.2, 0.25) is 0 Å². The lowest BCUT2D eigenvalue weighted by molar-refractivity contribution is 0.411. The zero-order valence-corrected chi connectivity index (χ0v) is 5.02. The number of hydrogen-bond acceptors (Lipinski definition) is 2. The van der Waals surface area contributed by atoms with Gasteiger partial charge < -0.3 is 10.6 Å². The van der Waals surface area contributed by atoms with Gasteiger partial charge in [0.05, 0.1) is 0 Å². The van der Waals surface area contributed by atoms with Gasteiger partial charge >= 0.3 is 0 Å². The van der Waals surface area contributed by atoms with Gasteiger partial charge in [0.15, 0.2) is 0 Å². The molecular formula is C5H13N2. The molecule has 0 bridgehead atoms. The first-order chi connectivity index (χ1) is 3.27. The Morgan fingerprint density at radius 2 is 2.14 bits per heavy atom. The molecule has 0 rings (SSSR count). The molecule has 43 valence electrons. The fourth-order valence-corrected chi connectivity index (χ4v) is 0.333. The van der Waals surface area contributed by atoms with Crippen molar-refractivity contribution in [3.8, 4) is 0 Å². The van der Waals surface area contributed by atoms with E-state index >= 15 is 0 Å². The van der Waals surface area contributed by atoms with E-state index in [2.05, 4.69) is 4.90 Å². The highest BCUT2D eigenvalue weighted by molar-refractivity contribution is 4.54. The minimum absolute atomic E-state index is 0.979. The van der Waals surface area contributed by atoms with Gasteiger partial charge in [0, 0.05) is 6.54 Å². The second-order valence-electron chi connectivity index (χ2n) is 1.83. The van der Waals surface area contributed by atoms with Crippen molar-refractivity contribution in [1.82, 2.24) is 4.90 Å². The average molecular weight is 101 g/mol. The Labute approximate surface area is 45.3 Å². The van der Waals surface area contributed by atoms with Gasteiger partial charge in [-0.15, -0.1) is 0 Å². The van der Waals surface area contributed by atoms with E-state index < -0.39 is 0 Å². The summed E-state index contributed by atoms with van der Waals surface area (Å²) < 4.78 is 0. The van der Waals surface area contributed by atoms with Gasteiger partial charge in [-0.3, -0.25) is 0 Å². The van der Waals surface area contributed by atoms with Crippen LogP contribution in [0.4, 0.5) is 0 Å². The molecule has 0 amide bonds. The summed E-state index contributed by atoms with van der Waals surface area (Å²) in [4.78, 5) is 2.10. The summed E-state index contributed by atoms with van der Waals surface area (Å²) in [6, 6.07) is 0. The lowest BCUT2D eigenvalue weighted by Crippen LogP contribution is -2.14. The minimum atomic E-state index is 0.979. The molecule has 0 unspecified atom stereocenters. The summed E-state index contributed by atoms with van der Waals surface area (Å²) in [5.74, 6) is 0. The van der Waals surface area contributed by atoms with Crippen LogP contribution in [-0.4, -0.2) is 25.5 Å². The lowest BCUT2D eigenvalue weighted by Gasteiger charge is -2.05. The van der Waals surface area contributed by atoms with E-state index in [-0.39, 0.29) is 0 Å². The van der Waals surface area contributed by atoms with E-state index in [0.717, 1.165) is 13.0 Å². The maximum absolute atomic E-state index is 5.13. The molecule has 0 fully saturated rings. The number of hydrogen-bond donors (Lipinski definition) is 1. The first-order valence-corrected chi connectivity index (χ1v) is 2.45. The van der Waals surface area contributed by atoms with E-state index in [1.54, 1.807) is 6.54 Å². The SMILES string of the molecule is CN(C)CC[CH]N. The monoisotopic (exact) mass is 101 g/mol. The highest BCUT2D eigenvalue weighted by Crippen LogP contribution is 1.80. The summed E-state index contributed by atoms with van der Waals surface area (Å²) in [7, 11) is 4.06. The molecule has 1 radical (unpaired) electrons. The Morgan fingerprint density at radius 3 is 2.29 bits per heavy atom. The van der Waals surface area contributed by atoms with E-state index in [4.69, 9.17) is 5.73 Å². The van der Waals surface area contributed by atoms with Crippen LogP contribution in [0.3, 0.4) is 0 Å². The van der Waals surface area contributed by atoms with Crippen molar-refractivity contribution >= 4 is 0 Å². The largest absolute Gasteiger partial charge is 0.326 e. The van der Waals surface area contributed by atoms with Gasteiger partial charge in [0.25, 0.3) is 0 Å². The van der Waals surface area contributed by atoms with E-state index in [1.807, 2.05) is 14.1 Å². The van der Waals surface area contributed by atoms with Crippen LogP contribution in [0.2, 0.25) is 0 Å². The first kappa shape index (κ1) is 6.92. The highest BCUT2D eigenvalue weighted by atomic mass is 15.0. The Morgan fingerprint density at radius 1 is 1.57 bits per heavy atom. The molecule has 0 aliphatic heterocycles. The van der Waals surface area contributed by atoms with Crippen molar-refractivity contribution in [3.05, 3.63) is 6.54 Å². The molecule has 2 N–H and O–H groups in total. The van der Waals surface area contributed by atoms with Crippen LogP contribution in [-0.2, 0) is 0 Å². The molecule has 0 saturated carbocycles. The standard InChI is InChI=1S/C5H13N2/c1-7(2)5-3-4-6/h4H,3,5-6H2,1-2H3. The second kappa shape index (κ2) is 4.09. The average Bonchev–Trinajstić information content (AvgIpc) is 1.61. The maximum atomic E-state index is 5.13. The van der Waals surface area contributed by atoms with Crippen molar-refractivity contribution in [2.45, 2.75) is 6.42 Å². The molecule has 0 heterocycles. The van der Waals surface area contributed by atoms with Crippen LogP contribution in [0, 0.1) is 6.54 Å². The van der Waals surface area contributed by atoms with Gasteiger partial charge in [-0.05, 0) is 27.1 Å². The summed E-state index contributed by atoms with van der Waals surface area (Å²) in [6.07, 6.45) is 0.979. The highest BCUT2D eigenvalue weighted by Gasteiger charge is 1.84. The molecular weight excluding hydrogens is 88.1 g/mol. The molecule has 0 spiro atoms. The molecule has 0 aliphatic carbocycles. The summed E-state index contributed by atoms with van der Waals surface area (Å²) in [5.41, 5.74) is 5.13. The summed E-state index contributed by atoms with van der Waals surface area (Å²) in [5, 5.41) is 0. The summed E-state index contributed by atoms with van der Waals surface area (Å²) >= 11 is 0.